The molecule has 15 heavy (non-hydrogen) atoms. The standard InChI is InChI=1S/C13H18BrN/c1-3-15(2)11-8-7-10-5-4-6-13(14)12(10)9-11/h4-6,11H,3,7-9H2,1-2H3. The van der Waals surface area contributed by atoms with Crippen LogP contribution in [0.3, 0.4) is 0 Å². The fraction of sp³-hybridized carbons (Fsp3) is 0.538. The molecular formula is C13H18BrN. The molecule has 0 spiro atoms. The van der Waals surface area contributed by atoms with Gasteiger partial charge >= 0.3 is 0 Å². The minimum Gasteiger partial charge on any atom is -0.303 e. The van der Waals surface area contributed by atoms with Gasteiger partial charge in [-0.3, -0.25) is 0 Å². The third-order valence-electron chi connectivity index (χ3n) is 3.52. The molecule has 1 atom stereocenters. The molecule has 2 rings (SSSR count). The maximum absolute atomic E-state index is 3.66. The van der Waals surface area contributed by atoms with Gasteiger partial charge in [-0.25, -0.2) is 0 Å². The normalized spacial score (nSPS) is 20.4. The van der Waals surface area contributed by atoms with Gasteiger partial charge in [0.15, 0.2) is 0 Å². The molecule has 1 aliphatic carbocycles. The Morgan fingerprint density at radius 2 is 2.27 bits per heavy atom. The van der Waals surface area contributed by atoms with Crippen LogP contribution in [0.2, 0.25) is 0 Å². The van der Waals surface area contributed by atoms with E-state index in [9.17, 15) is 0 Å². The summed E-state index contributed by atoms with van der Waals surface area (Å²) in [6, 6.07) is 7.29. The summed E-state index contributed by atoms with van der Waals surface area (Å²) in [4.78, 5) is 2.46. The van der Waals surface area contributed by atoms with E-state index in [0.29, 0.717) is 0 Å². The molecule has 1 aliphatic rings. The molecule has 0 amide bonds. The van der Waals surface area contributed by atoms with E-state index < -0.39 is 0 Å². The second kappa shape index (κ2) is 4.67. The molecule has 0 radical (unpaired) electrons. The molecule has 0 fully saturated rings. The van der Waals surface area contributed by atoms with Gasteiger partial charge < -0.3 is 4.90 Å². The van der Waals surface area contributed by atoms with E-state index >= 15 is 0 Å². The quantitative estimate of drug-likeness (QED) is 0.795. The average Bonchev–Trinajstić information content (AvgIpc) is 2.28. The minimum atomic E-state index is 0.723. The molecule has 1 nitrogen and oxygen atoms in total. The summed E-state index contributed by atoms with van der Waals surface area (Å²) in [7, 11) is 2.23. The van der Waals surface area contributed by atoms with Crippen LogP contribution in [-0.2, 0) is 12.8 Å². The Morgan fingerprint density at radius 3 is 3.00 bits per heavy atom. The molecule has 1 unspecified atom stereocenters. The SMILES string of the molecule is CCN(C)C1CCc2cccc(Br)c2C1. The number of fused-ring (bicyclic) bond motifs is 1. The number of rotatable bonds is 2. The molecule has 0 saturated carbocycles. The van der Waals surface area contributed by atoms with E-state index in [2.05, 4.69) is 53.0 Å². The second-order valence-corrected chi connectivity index (χ2v) is 5.20. The molecule has 0 bridgehead atoms. The molecule has 0 heterocycles. The van der Waals surface area contributed by atoms with Crippen LogP contribution in [0.5, 0.6) is 0 Å². The first kappa shape index (κ1) is 11.2. The van der Waals surface area contributed by atoms with Crippen molar-refractivity contribution in [2.45, 2.75) is 32.2 Å². The van der Waals surface area contributed by atoms with Crippen molar-refractivity contribution in [3.63, 3.8) is 0 Å². The lowest BCUT2D eigenvalue weighted by Gasteiger charge is -2.32. The van der Waals surface area contributed by atoms with Crippen molar-refractivity contribution in [2.24, 2.45) is 0 Å². The lowest BCUT2D eigenvalue weighted by molar-refractivity contribution is 0.232. The highest BCUT2D eigenvalue weighted by molar-refractivity contribution is 9.10. The highest BCUT2D eigenvalue weighted by atomic mass is 79.9. The highest BCUT2D eigenvalue weighted by Crippen LogP contribution is 2.29. The van der Waals surface area contributed by atoms with Crippen LogP contribution in [-0.4, -0.2) is 24.5 Å². The number of hydrogen-bond donors (Lipinski definition) is 0. The fourth-order valence-corrected chi connectivity index (χ4v) is 2.93. The molecule has 1 aromatic rings. The van der Waals surface area contributed by atoms with Crippen LogP contribution < -0.4 is 0 Å². The zero-order chi connectivity index (χ0) is 10.8. The van der Waals surface area contributed by atoms with Crippen LogP contribution in [0.1, 0.15) is 24.5 Å². The summed E-state index contributed by atoms with van der Waals surface area (Å²) in [6.45, 7) is 3.38. The smallest absolute Gasteiger partial charge is 0.0210 e. The topological polar surface area (TPSA) is 3.24 Å². The third kappa shape index (κ3) is 2.26. The Labute approximate surface area is 101 Å². The predicted octanol–water partition coefficient (Wildman–Crippen LogP) is 3.26. The molecule has 0 aromatic heterocycles. The van der Waals surface area contributed by atoms with E-state index in [0.717, 1.165) is 12.6 Å². The lowest BCUT2D eigenvalue weighted by Crippen LogP contribution is -2.36. The Hall–Kier alpha value is -0.340. The fourth-order valence-electron chi connectivity index (χ4n) is 2.36. The van der Waals surface area contributed by atoms with Gasteiger partial charge in [-0.15, -0.1) is 0 Å². The van der Waals surface area contributed by atoms with Crippen molar-refractivity contribution >= 4 is 15.9 Å². The zero-order valence-electron chi connectivity index (χ0n) is 9.46. The predicted molar refractivity (Wildman–Crippen MR) is 68.3 cm³/mol. The van der Waals surface area contributed by atoms with Gasteiger partial charge in [0.1, 0.15) is 0 Å². The first-order valence-electron chi connectivity index (χ1n) is 5.69. The van der Waals surface area contributed by atoms with Crippen LogP contribution >= 0.6 is 15.9 Å². The minimum absolute atomic E-state index is 0.723. The maximum Gasteiger partial charge on any atom is 0.0210 e. The first-order valence-corrected chi connectivity index (χ1v) is 6.48. The van der Waals surface area contributed by atoms with Crippen LogP contribution in [0.4, 0.5) is 0 Å². The zero-order valence-corrected chi connectivity index (χ0v) is 11.0. The average molecular weight is 268 g/mol. The Balaban J connectivity index is 2.22. The summed E-state index contributed by atoms with van der Waals surface area (Å²) in [5, 5.41) is 0. The second-order valence-electron chi connectivity index (χ2n) is 4.35. The Bertz CT molecular complexity index is 348. The molecular weight excluding hydrogens is 250 g/mol. The largest absolute Gasteiger partial charge is 0.303 e. The number of halogens is 1. The summed E-state index contributed by atoms with van der Waals surface area (Å²) in [5.41, 5.74) is 3.05. The number of hydrogen-bond acceptors (Lipinski definition) is 1. The summed E-state index contributed by atoms with van der Waals surface area (Å²) >= 11 is 3.66. The van der Waals surface area contributed by atoms with E-state index in [1.807, 2.05) is 0 Å². The number of likely N-dealkylation sites (N-methyl/N-ethyl adjacent to an activating group) is 1. The van der Waals surface area contributed by atoms with Crippen LogP contribution in [0, 0.1) is 0 Å². The van der Waals surface area contributed by atoms with E-state index in [1.165, 1.54) is 34.9 Å². The first-order chi connectivity index (χ1) is 7.22. The van der Waals surface area contributed by atoms with Gasteiger partial charge in [-0.1, -0.05) is 35.0 Å². The molecule has 0 saturated heterocycles. The third-order valence-corrected chi connectivity index (χ3v) is 4.27. The monoisotopic (exact) mass is 267 g/mol. The van der Waals surface area contributed by atoms with Crippen molar-refractivity contribution < 1.29 is 0 Å². The van der Waals surface area contributed by atoms with E-state index in [1.54, 1.807) is 0 Å². The van der Waals surface area contributed by atoms with Crippen molar-refractivity contribution in [1.82, 2.24) is 4.90 Å². The van der Waals surface area contributed by atoms with Crippen molar-refractivity contribution in [3.05, 3.63) is 33.8 Å². The van der Waals surface area contributed by atoms with E-state index in [-0.39, 0.29) is 0 Å². The number of nitrogens with zero attached hydrogens (tertiary/aromatic N) is 1. The summed E-state index contributed by atoms with van der Waals surface area (Å²) < 4.78 is 1.29. The summed E-state index contributed by atoms with van der Waals surface area (Å²) in [5.74, 6) is 0. The van der Waals surface area contributed by atoms with Gasteiger partial charge in [-0.05, 0) is 50.0 Å². The van der Waals surface area contributed by atoms with Crippen molar-refractivity contribution in [1.29, 1.82) is 0 Å². The lowest BCUT2D eigenvalue weighted by atomic mass is 9.88. The van der Waals surface area contributed by atoms with Crippen molar-refractivity contribution in [2.75, 3.05) is 13.6 Å². The Kier molecular flexibility index (Phi) is 3.47. The van der Waals surface area contributed by atoms with Crippen LogP contribution in [0.25, 0.3) is 0 Å². The van der Waals surface area contributed by atoms with Gasteiger partial charge in [0, 0.05) is 10.5 Å². The molecule has 0 aliphatic heterocycles. The highest BCUT2D eigenvalue weighted by Gasteiger charge is 2.22. The number of benzene rings is 1. The van der Waals surface area contributed by atoms with Gasteiger partial charge in [0.2, 0.25) is 0 Å². The molecule has 2 heteroatoms. The Morgan fingerprint density at radius 1 is 1.47 bits per heavy atom. The molecule has 1 aromatic carbocycles. The van der Waals surface area contributed by atoms with Gasteiger partial charge in [0.25, 0.3) is 0 Å². The maximum atomic E-state index is 3.66. The summed E-state index contributed by atoms with van der Waals surface area (Å²) in [6.07, 6.45) is 3.72. The molecule has 82 valence electrons. The van der Waals surface area contributed by atoms with Crippen LogP contribution in [0.15, 0.2) is 22.7 Å². The van der Waals surface area contributed by atoms with Gasteiger partial charge in [0.05, 0.1) is 0 Å². The van der Waals surface area contributed by atoms with Crippen molar-refractivity contribution in [3.8, 4) is 0 Å². The van der Waals surface area contributed by atoms with E-state index in [4.69, 9.17) is 0 Å². The number of aryl methyl sites for hydroxylation is 1. The van der Waals surface area contributed by atoms with Gasteiger partial charge in [-0.2, -0.15) is 0 Å². The molecule has 0 N–H and O–H groups in total.